The van der Waals surface area contributed by atoms with Crippen molar-refractivity contribution in [3.8, 4) is 62.8 Å². The van der Waals surface area contributed by atoms with E-state index in [2.05, 4.69) is 26.6 Å². The van der Waals surface area contributed by atoms with E-state index < -0.39 is 280 Å². The number of hydrogen-bond acceptors (Lipinski definition) is 29. The van der Waals surface area contributed by atoms with Crippen LogP contribution in [-0.4, -0.2) is 230 Å². The molecule has 23 atom stereocenters. The summed E-state index contributed by atoms with van der Waals surface area (Å²) in [4.78, 5) is 121. The summed E-state index contributed by atoms with van der Waals surface area (Å²) in [6.07, 6.45) is -25.7. The number of aliphatic hydroxyl groups excluding tert-OH is 8. The van der Waals surface area contributed by atoms with Crippen LogP contribution in [0.25, 0.3) is 16.8 Å². The minimum atomic E-state index is -2.33. The number of nitrogens with zero attached hydrogens (tertiary/aromatic N) is 1. The van der Waals surface area contributed by atoms with Crippen molar-refractivity contribution in [1.29, 1.82) is 0 Å². The zero-order chi connectivity index (χ0) is 89.4. The number of amides is 5. The van der Waals surface area contributed by atoms with Gasteiger partial charge in [-0.05, 0) is 159 Å². The van der Waals surface area contributed by atoms with E-state index in [9.17, 15) is 75.7 Å². The number of hydrogen-bond donors (Lipinski definition) is 19. The number of ketones is 2. The lowest BCUT2D eigenvalue weighted by Gasteiger charge is -2.46. The number of phenols is 3. The fourth-order valence-electron chi connectivity index (χ4n) is 16.5. The van der Waals surface area contributed by atoms with Crippen LogP contribution in [-0.2, 0) is 68.5 Å². The molecule has 1 aromatic heterocycles. The van der Waals surface area contributed by atoms with Crippen molar-refractivity contribution >= 4 is 70.3 Å². The van der Waals surface area contributed by atoms with Crippen LogP contribution >= 0.6 is 23.2 Å². The smallest absolute Gasteiger partial charge is 0.330 e. The molecule has 7 aromatic rings. The van der Waals surface area contributed by atoms with Gasteiger partial charge in [-0.25, -0.2) is 4.79 Å². The highest BCUT2D eigenvalue weighted by Gasteiger charge is 2.53. The molecule has 21 N–H and O–H groups in total. The number of carbonyl (C=O) groups is 8. The van der Waals surface area contributed by atoms with Crippen LogP contribution in [0.1, 0.15) is 144 Å². The Morgan fingerprint density at radius 1 is 0.688 bits per heavy atom. The molecule has 5 amide bonds. The van der Waals surface area contributed by atoms with Crippen LogP contribution in [0, 0.1) is 11.8 Å². The number of ether oxygens (including phenoxy) is 8. The first-order chi connectivity index (χ1) is 58.9. The van der Waals surface area contributed by atoms with Gasteiger partial charge in [0.25, 0.3) is 0 Å². The van der Waals surface area contributed by atoms with E-state index in [1.54, 1.807) is 0 Å². The predicted molar refractivity (Wildman–Crippen MR) is 443 cm³/mol. The van der Waals surface area contributed by atoms with Crippen molar-refractivity contribution in [2.45, 2.75) is 220 Å². The number of aryl methyl sites for hydroxylation is 1. The molecule has 2 unspecified atom stereocenters. The first-order valence-corrected chi connectivity index (χ1v) is 40.9. The number of fused-ring (bicyclic) bond motifs is 15. The molecule has 11 bridgehead atoms. The Kier molecular flexibility index (Phi) is 29.4. The quantitative estimate of drug-likeness (QED) is 0.0504. The first-order valence-electron chi connectivity index (χ1n) is 40.2. The number of carboxylic acids is 1. The maximum Gasteiger partial charge on any atom is 0.330 e. The number of benzene rings is 6. The molecule has 0 aliphatic carbocycles. The summed E-state index contributed by atoms with van der Waals surface area (Å²) < 4.78 is 53.5. The molecule has 9 heterocycles. The summed E-state index contributed by atoms with van der Waals surface area (Å²) >= 11 is 14.5. The Morgan fingerprint density at radius 3 is 1.98 bits per heavy atom. The highest BCUT2D eigenvalue weighted by Crippen LogP contribution is 2.51. The average molecular weight is 1780 g/mol. The monoisotopic (exact) mass is 1780 g/mol. The Hall–Kier alpha value is -10.5. The van der Waals surface area contributed by atoms with Crippen LogP contribution in [0.3, 0.4) is 0 Å². The van der Waals surface area contributed by atoms with Crippen molar-refractivity contribution in [3.05, 3.63) is 171 Å². The minimum absolute atomic E-state index is 0. The summed E-state index contributed by atoms with van der Waals surface area (Å²) in [5.74, 6) is -19.2. The number of aliphatic hydroxyl groups is 8. The number of likely N-dealkylation sites (N-methyl/N-ethyl adjacent to an activating group) is 1. The molecular formula is C87H102Cl2N8O28. The summed E-state index contributed by atoms with van der Waals surface area (Å²) in [7, 11) is 1.48. The molecule has 38 heteroatoms. The highest BCUT2D eigenvalue weighted by atomic mass is 35.5. The van der Waals surface area contributed by atoms with Crippen molar-refractivity contribution in [3.63, 3.8) is 0 Å². The third kappa shape index (κ3) is 20.5. The lowest BCUT2D eigenvalue weighted by molar-refractivity contribution is -0.351. The molecule has 15 rings (SSSR count). The number of Topliss-reactive ketones (excluding diaryl/α,β-unsaturated/α-hetero) is 2. The zero-order valence-corrected chi connectivity index (χ0v) is 69.0. The number of carboxylic acid groups (broad SMARTS) is 1. The van der Waals surface area contributed by atoms with Crippen LogP contribution in [0.2, 0.25) is 10.0 Å². The number of aliphatic carboxylic acids is 1. The summed E-state index contributed by atoms with van der Waals surface area (Å²) in [5, 5.41) is 152. The number of phenolic OH excluding ortho intramolecular Hbond substituents is 3. The van der Waals surface area contributed by atoms with Gasteiger partial charge in [0.2, 0.25) is 41.6 Å². The lowest BCUT2D eigenvalue weighted by Crippen LogP contribution is -2.64. The van der Waals surface area contributed by atoms with E-state index >= 15 is 24.0 Å². The topological polar surface area (TPSA) is 570 Å². The highest BCUT2D eigenvalue weighted by molar-refractivity contribution is 6.32. The van der Waals surface area contributed by atoms with Gasteiger partial charge < -0.3 is 142 Å². The molecule has 125 heavy (non-hydrogen) atoms. The molecule has 8 aliphatic heterocycles. The van der Waals surface area contributed by atoms with Gasteiger partial charge >= 0.3 is 5.97 Å². The van der Waals surface area contributed by atoms with E-state index in [0.29, 0.717) is 12.8 Å². The number of primary amides is 1. The number of nitrogens with two attached hydrogens (primary N) is 2. The van der Waals surface area contributed by atoms with Gasteiger partial charge in [0, 0.05) is 72.1 Å². The van der Waals surface area contributed by atoms with Crippen molar-refractivity contribution in [2.24, 2.45) is 23.3 Å². The van der Waals surface area contributed by atoms with Crippen molar-refractivity contribution in [1.82, 2.24) is 31.2 Å². The van der Waals surface area contributed by atoms with Crippen LogP contribution in [0.4, 0.5) is 0 Å². The number of aromatic hydroxyl groups is 3. The fourth-order valence-corrected chi connectivity index (χ4v) is 16.9. The normalized spacial score (nSPS) is 29.8. The van der Waals surface area contributed by atoms with Crippen molar-refractivity contribution < 1.29 is 138 Å². The molecule has 3 fully saturated rings. The lowest BCUT2D eigenvalue weighted by atomic mass is 9.84. The van der Waals surface area contributed by atoms with Crippen LogP contribution < -0.4 is 52.3 Å². The number of rotatable bonds is 20. The van der Waals surface area contributed by atoms with E-state index in [1.807, 2.05) is 67.2 Å². The number of carbonyl (C=O) groups excluding carboxylic acids is 7. The third-order valence-electron chi connectivity index (χ3n) is 23.1. The largest absolute Gasteiger partial charge is 0.508 e. The Balaban J connectivity index is 0.0000142. The molecular weight excluding hydrogens is 1680 g/mol. The second kappa shape index (κ2) is 39.2. The van der Waals surface area contributed by atoms with Crippen molar-refractivity contribution in [2.75, 3.05) is 13.7 Å². The van der Waals surface area contributed by atoms with E-state index in [0.717, 1.165) is 59.8 Å². The van der Waals surface area contributed by atoms with E-state index in [-0.39, 0.29) is 60.1 Å². The third-order valence-corrected chi connectivity index (χ3v) is 23.6. The summed E-state index contributed by atoms with van der Waals surface area (Å²) in [6, 6.07) is 15.9. The number of nitrogens with one attached hydrogen (secondary N) is 5. The van der Waals surface area contributed by atoms with E-state index in [4.69, 9.17) is 72.6 Å². The standard InChI is InChI=1S/C86H98Cl2N8O28.CH4/c1-36(2)22-51(91-5)81(113)94-67-54(101)27-43(30-62(89)103)79(111)92-65-42-28-59(118-56-18-15-40(69(67)104)25-49(56)87)76(123-85-74(109)72(107)77(61(35-97)121-85)124-84-73(108)71(106)70(105)58(120-84)13-9-11-38-10-8-12-44(23-38)96-20-6-7-21-96)60(29-42)119-57-19-16-41(26-50(57)88)75(122-63-34-86(4,90)78(110)37(3)117-63)68-82(114)93-66(83(115)116)48-31-45(98)32-53(100)64(48)47-24-39(14-17-52(47)99)46(33-55(65)102)80(112)95-68;/h6-8,10,12,14-21,23-26,28-29,31-32,36-37,43,46,51,58,61,63,65-75,77-78,84-85,91,97-100,104-110H,9,11,13,22,27,30,33-35,90H2,1-5H3,(H2,89,103)(H,92,111)(H,93,114)(H,94,113)(H,95,112)(H,115,116);1H4/t37-,43-,46+,51+,58+,61+,63?,65+,66+,67?,68-,69+,70-,71-,72+,73+,74+,75+,77+,78-,84-,85-,86-;/m0./s1. The van der Waals surface area contributed by atoms with Gasteiger partial charge in [-0.3, -0.25) is 33.6 Å². The van der Waals surface area contributed by atoms with Gasteiger partial charge in [0.15, 0.2) is 41.7 Å². The van der Waals surface area contributed by atoms with Gasteiger partial charge in [0.05, 0.1) is 52.8 Å². The molecule has 36 nitrogen and oxygen atoms in total. The van der Waals surface area contributed by atoms with Crippen LogP contribution in [0.5, 0.6) is 46.0 Å². The SMILES string of the molecule is C.CN[C@H](CC(C)C)C(=O)NC1C(=O)C[C@@H](CC(N)=O)C(=O)N[C@H]2C(=O)C[C@H]3C(=O)N[C@H](C(=O)N[C@@H](C(=O)O)c4cc(O)cc(O)c4-c4cc3ccc4O)[C@H](OC3C[C@](C)(N)[C@@H](O)[C@H](C)O3)c3ccc(c(Cl)c3)Oc3cc2cc(c3O[C@@H]2O[C@H](CO)[C@@H](O[C@@H]3O[C@H](CCCc4cccc(-n5cccc5)c4)[C@H](O)[C@H](O)[C@H]3O)[C@H](O)[C@H]2O)Oc2ccc(cc2Cl)[C@H]1O. The fraction of sp³-hybridized carbons (Fsp3) is 0.448. The molecule has 6 aromatic carbocycles. The van der Waals surface area contributed by atoms with Gasteiger partial charge in [0.1, 0.15) is 102 Å². The summed E-state index contributed by atoms with van der Waals surface area (Å²) in [6.45, 7) is 5.52. The first kappa shape index (κ1) is 93.7. The maximum absolute atomic E-state index is 16.6. The Bertz CT molecular complexity index is 5160. The second-order valence-electron chi connectivity index (χ2n) is 32.6. The molecule has 8 aliphatic rings. The Labute approximate surface area is 726 Å². The molecule has 0 saturated carbocycles. The molecule has 3 saturated heterocycles. The number of aromatic nitrogens is 1. The van der Waals surface area contributed by atoms with Gasteiger partial charge in [-0.1, -0.05) is 74.8 Å². The van der Waals surface area contributed by atoms with Gasteiger partial charge in [-0.15, -0.1) is 0 Å². The molecule has 0 spiro atoms. The molecule has 672 valence electrons. The van der Waals surface area contributed by atoms with E-state index in [1.165, 1.54) is 51.2 Å². The Morgan fingerprint density at radius 2 is 1.34 bits per heavy atom. The second-order valence-corrected chi connectivity index (χ2v) is 33.4. The summed E-state index contributed by atoms with van der Waals surface area (Å²) in [5.41, 5.74) is 10.3. The molecule has 0 radical (unpaired) electrons. The maximum atomic E-state index is 16.6. The predicted octanol–water partition coefficient (Wildman–Crippen LogP) is 4.36. The minimum Gasteiger partial charge on any atom is -0.508 e. The van der Waals surface area contributed by atoms with Gasteiger partial charge in [-0.2, -0.15) is 0 Å². The average Bonchev–Trinajstić information content (AvgIpc) is 1.06. The number of halogens is 2. The zero-order valence-electron chi connectivity index (χ0n) is 67.5. The van der Waals surface area contributed by atoms with Crippen LogP contribution in [0.15, 0.2) is 128 Å².